The average molecular weight is 931 g/mol. The summed E-state index contributed by atoms with van der Waals surface area (Å²) in [6.45, 7) is 26.2. The molecule has 0 unspecified atom stereocenters. The highest BCUT2D eigenvalue weighted by atomic mass is 31.2. The number of aryl methyl sites for hydroxylation is 4. The van der Waals surface area contributed by atoms with Gasteiger partial charge in [0.2, 0.25) is 0 Å². The molecular weight excluding hydrogens is 863 g/mol. The molecule has 0 spiro atoms. The summed E-state index contributed by atoms with van der Waals surface area (Å²) in [6.07, 6.45) is 3.62. The van der Waals surface area contributed by atoms with Gasteiger partial charge in [0.05, 0.1) is 72.6 Å². The van der Waals surface area contributed by atoms with E-state index in [0.29, 0.717) is 26.4 Å². The second kappa shape index (κ2) is 20.7. The summed E-state index contributed by atoms with van der Waals surface area (Å²) in [5.41, 5.74) is 23.1. The largest absolute Gasteiger partial charge is 0.354 e. The maximum Gasteiger partial charge on any atom is 0.335 e. The fourth-order valence-electron chi connectivity index (χ4n) is 9.86. The third-order valence-corrected chi connectivity index (χ3v) is 17.1. The molecular formula is C54H68N4O6P2. The molecule has 8 bridgehead atoms. The summed E-state index contributed by atoms with van der Waals surface area (Å²) < 4.78 is 49.8. The Kier molecular flexibility index (Phi) is 15.4. The molecule has 0 amide bonds. The second-order valence-corrected chi connectivity index (χ2v) is 21.1. The monoisotopic (exact) mass is 930 g/mol. The van der Waals surface area contributed by atoms with Gasteiger partial charge < -0.3 is 28.1 Å². The number of rotatable bonds is 18. The van der Waals surface area contributed by atoms with Crippen LogP contribution in [0.25, 0.3) is 66.6 Å². The summed E-state index contributed by atoms with van der Waals surface area (Å²) in [4.78, 5) is 19.0. The minimum absolute atomic E-state index is 0.194. The van der Waals surface area contributed by atoms with E-state index in [-0.39, 0.29) is 12.3 Å². The number of aromatic amines is 2. The molecule has 12 heteroatoms. The molecule has 0 saturated heterocycles. The maximum absolute atomic E-state index is 13.6. The van der Waals surface area contributed by atoms with E-state index in [9.17, 15) is 9.13 Å². The number of hydrogen-bond donors (Lipinski definition) is 2. The van der Waals surface area contributed by atoms with Gasteiger partial charge in [-0.05, 0) is 160 Å². The normalized spacial score (nSPS) is 13.4. The fraction of sp³-hybridized carbons (Fsp3) is 0.407. The van der Waals surface area contributed by atoms with E-state index in [4.69, 9.17) is 28.1 Å². The van der Waals surface area contributed by atoms with Crippen LogP contribution in [0.3, 0.4) is 0 Å². The van der Waals surface area contributed by atoms with Gasteiger partial charge in [0, 0.05) is 22.2 Å². The van der Waals surface area contributed by atoms with Crippen LogP contribution in [0.2, 0.25) is 0 Å². The molecule has 0 saturated carbocycles. The quantitative estimate of drug-likeness (QED) is 0.0832. The van der Waals surface area contributed by atoms with Crippen molar-refractivity contribution in [1.82, 2.24) is 19.9 Å². The van der Waals surface area contributed by atoms with E-state index in [1.165, 1.54) is 33.4 Å². The number of aromatic nitrogens is 4. The lowest BCUT2D eigenvalue weighted by molar-refractivity contribution is 0.218. The van der Waals surface area contributed by atoms with Crippen LogP contribution in [0.5, 0.6) is 0 Å². The van der Waals surface area contributed by atoms with Crippen molar-refractivity contribution < 1.29 is 27.2 Å². The van der Waals surface area contributed by atoms with Crippen LogP contribution >= 0.6 is 15.2 Å². The highest BCUT2D eigenvalue weighted by molar-refractivity contribution is 7.53. The van der Waals surface area contributed by atoms with Gasteiger partial charge in [-0.2, -0.15) is 0 Å². The first kappa shape index (κ1) is 49.3. The van der Waals surface area contributed by atoms with Gasteiger partial charge in [0.1, 0.15) is 0 Å². The number of hydrogen-bond acceptors (Lipinski definition) is 8. The van der Waals surface area contributed by atoms with Crippen molar-refractivity contribution in [2.24, 2.45) is 0 Å². The Morgan fingerprint density at radius 1 is 0.485 bits per heavy atom. The minimum Gasteiger partial charge on any atom is -0.354 e. The summed E-state index contributed by atoms with van der Waals surface area (Å²) in [5, 5.41) is 0. The number of nitrogens with one attached hydrogen (secondary N) is 2. The molecule has 66 heavy (non-hydrogen) atoms. The van der Waals surface area contributed by atoms with Gasteiger partial charge >= 0.3 is 15.2 Å². The van der Waals surface area contributed by atoms with Gasteiger partial charge in [-0.1, -0.05) is 76.2 Å². The molecule has 350 valence electrons. The summed E-state index contributed by atoms with van der Waals surface area (Å²) >= 11 is 0. The number of nitrogens with zero attached hydrogens (tertiary/aromatic N) is 2. The van der Waals surface area contributed by atoms with Crippen LogP contribution in [-0.2, 0) is 52.4 Å². The Hall–Kier alpha value is -4.66. The molecule has 5 aromatic rings. The van der Waals surface area contributed by atoms with Crippen LogP contribution in [0.1, 0.15) is 138 Å². The lowest BCUT2D eigenvalue weighted by Gasteiger charge is -2.17. The lowest BCUT2D eigenvalue weighted by atomic mass is 9.94. The first-order chi connectivity index (χ1) is 31.7. The molecule has 0 radical (unpaired) electrons. The maximum atomic E-state index is 13.6. The molecule has 2 aromatic carbocycles. The van der Waals surface area contributed by atoms with Crippen LogP contribution in [0, 0.1) is 13.8 Å². The third-order valence-electron chi connectivity index (χ3n) is 13.0. The van der Waals surface area contributed by atoms with Crippen LogP contribution in [-0.4, -0.2) is 46.4 Å². The third kappa shape index (κ3) is 9.56. The van der Waals surface area contributed by atoms with Crippen LogP contribution < -0.4 is 0 Å². The van der Waals surface area contributed by atoms with Crippen LogP contribution in [0.4, 0.5) is 0 Å². The average Bonchev–Trinajstić information content (AvgIpc) is 3.98. The van der Waals surface area contributed by atoms with Crippen molar-refractivity contribution in [3.63, 3.8) is 0 Å². The molecule has 0 atom stereocenters. The van der Waals surface area contributed by atoms with Crippen molar-refractivity contribution in [3.05, 3.63) is 117 Å². The molecule has 2 aliphatic heterocycles. The molecule has 0 aliphatic carbocycles. The molecule has 0 fully saturated rings. The second-order valence-electron chi connectivity index (χ2n) is 17.0. The van der Waals surface area contributed by atoms with Crippen molar-refractivity contribution in [1.29, 1.82) is 0 Å². The topological polar surface area (TPSA) is 128 Å². The standard InChI is InChI=1S/C54H68N4O6P2/c1-13-41-35(11)51-49(39-25-21-37(22-26-39)31-65(59,61-17-5)62-18-6)53-43(15-3)33(9)45(55-53)29-46-34(10)44(16-4)54(56-46)50(52-36(12)42(14-2)48(58-52)30-47(41)57-51)40-27-23-38(24-28-40)32-66(60,63-19-7)64-20-8/h21-30,57-58H,13-20,31-32H2,1-12H3. The molecule has 5 heterocycles. The SMILES string of the molecule is CCOP(=O)(Cc1ccc(-c2c3nc(cc4nc(c(-c5ccc(CP(=O)(OCC)OCC)cc5)c5[nH]c(cc6[nH]c2c(C)c6CC)c(CC)c5C)C(CC)=C4C)C(C)=C3CC)cc1)OCC. The Morgan fingerprint density at radius 2 is 0.833 bits per heavy atom. The van der Waals surface area contributed by atoms with Gasteiger partial charge in [-0.3, -0.25) is 9.13 Å². The van der Waals surface area contributed by atoms with Gasteiger partial charge in [-0.15, -0.1) is 0 Å². The number of allylic oxidation sites excluding steroid dienone is 4. The number of H-pyrrole nitrogens is 2. The summed E-state index contributed by atoms with van der Waals surface area (Å²) in [7, 11) is -6.60. The zero-order chi connectivity index (χ0) is 47.5. The predicted molar refractivity (Wildman–Crippen MR) is 275 cm³/mol. The Labute approximate surface area is 391 Å². The molecule has 3 aromatic heterocycles. The lowest BCUT2D eigenvalue weighted by Crippen LogP contribution is -1.99. The molecule has 2 N–H and O–H groups in total. The first-order valence-corrected chi connectivity index (χ1v) is 27.3. The number of benzene rings is 2. The van der Waals surface area contributed by atoms with Crippen molar-refractivity contribution in [2.45, 2.75) is 121 Å². The van der Waals surface area contributed by atoms with Gasteiger partial charge in [0.25, 0.3) is 0 Å². The zero-order valence-electron chi connectivity index (χ0n) is 41.1. The Morgan fingerprint density at radius 3 is 1.14 bits per heavy atom. The number of fused-ring (bicyclic) bond motifs is 8. The smallest absolute Gasteiger partial charge is 0.335 e. The fourth-order valence-corrected chi connectivity index (χ4v) is 13.3. The molecule has 10 nitrogen and oxygen atoms in total. The van der Waals surface area contributed by atoms with E-state index >= 15 is 0 Å². The van der Waals surface area contributed by atoms with E-state index in [2.05, 4.69) is 102 Å². The van der Waals surface area contributed by atoms with Crippen LogP contribution in [0.15, 0.2) is 60.7 Å². The summed E-state index contributed by atoms with van der Waals surface area (Å²) in [5.74, 6) is 0. The van der Waals surface area contributed by atoms with Gasteiger partial charge in [-0.25, -0.2) is 9.97 Å². The molecule has 7 rings (SSSR count). The van der Waals surface area contributed by atoms with E-state index in [1.807, 2.05) is 52.0 Å². The Balaban J connectivity index is 1.57. The molecule has 2 aliphatic rings. The van der Waals surface area contributed by atoms with Crippen molar-refractivity contribution in [3.8, 4) is 22.3 Å². The van der Waals surface area contributed by atoms with Crippen molar-refractivity contribution in [2.75, 3.05) is 26.4 Å². The first-order valence-electron chi connectivity index (χ1n) is 23.9. The Bertz CT molecular complexity index is 2740. The summed E-state index contributed by atoms with van der Waals surface area (Å²) in [6, 6.07) is 21.1. The van der Waals surface area contributed by atoms with Gasteiger partial charge in [0.15, 0.2) is 0 Å². The van der Waals surface area contributed by atoms with Crippen molar-refractivity contribution >= 4 is 59.6 Å². The van der Waals surface area contributed by atoms with E-state index in [0.717, 1.165) is 115 Å². The highest BCUT2D eigenvalue weighted by Gasteiger charge is 2.29. The minimum atomic E-state index is -3.30. The zero-order valence-corrected chi connectivity index (χ0v) is 42.9. The predicted octanol–water partition coefficient (Wildman–Crippen LogP) is 15.6. The van der Waals surface area contributed by atoms with E-state index < -0.39 is 15.2 Å². The highest BCUT2D eigenvalue weighted by Crippen LogP contribution is 2.53. The van der Waals surface area contributed by atoms with E-state index in [1.54, 1.807) is 0 Å².